The fourth-order valence-electron chi connectivity index (χ4n) is 3.25. The third-order valence-electron chi connectivity index (χ3n) is 4.57. The van der Waals surface area contributed by atoms with Gasteiger partial charge in [-0.25, -0.2) is 0 Å². The molecule has 1 fully saturated rings. The molecule has 27 heavy (non-hydrogen) atoms. The van der Waals surface area contributed by atoms with E-state index in [2.05, 4.69) is 27.7 Å². The zero-order chi connectivity index (χ0) is 19.1. The van der Waals surface area contributed by atoms with E-state index in [0.717, 1.165) is 18.8 Å². The number of hydrogen-bond donors (Lipinski definition) is 2. The van der Waals surface area contributed by atoms with Crippen molar-refractivity contribution in [2.24, 2.45) is 0 Å². The molecule has 1 amide bonds. The maximum absolute atomic E-state index is 12.3. The van der Waals surface area contributed by atoms with Gasteiger partial charge in [-0.15, -0.1) is 0 Å². The number of carbonyl (C=O) groups excluding carboxylic acids is 1. The van der Waals surface area contributed by atoms with Gasteiger partial charge in [0.2, 0.25) is 5.91 Å². The number of nitrogens with zero attached hydrogens (tertiary/aromatic N) is 1. The SMILES string of the molecule is CC(C)Oc1ccccc1NC(=O)CNc1ccc(N2CCCCC2)cc1. The number of para-hydroxylation sites is 2. The number of amides is 1. The predicted octanol–water partition coefficient (Wildman–Crippen LogP) is 4.51. The van der Waals surface area contributed by atoms with Gasteiger partial charge in [0, 0.05) is 24.5 Å². The molecule has 0 radical (unpaired) electrons. The van der Waals surface area contributed by atoms with Crippen LogP contribution in [0.5, 0.6) is 5.75 Å². The van der Waals surface area contributed by atoms with E-state index in [1.54, 1.807) is 0 Å². The highest BCUT2D eigenvalue weighted by molar-refractivity contribution is 5.95. The van der Waals surface area contributed by atoms with Crippen molar-refractivity contribution < 1.29 is 9.53 Å². The van der Waals surface area contributed by atoms with Gasteiger partial charge in [0.1, 0.15) is 5.75 Å². The van der Waals surface area contributed by atoms with Gasteiger partial charge in [-0.2, -0.15) is 0 Å². The summed E-state index contributed by atoms with van der Waals surface area (Å²) in [6.45, 7) is 6.40. The molecule has 1 aliphatic rings. The molecule has 3 rings (SSSR count). The molecule has 0 bridgehead atoms. The largest absolute Gasteiger partial charge is 0.489 e. The summed E-state index contributed by atoms with van der Waals surface area (Å²) in [5.74, 6) is 0.585. The minimum Gasteiger partial charge on any atom is -0.489 e. The summed E-state index contributed by atoms with van der Waals surface area (Å²) in [5.41, 5.74) is 2.89. The van der Waals surface area contributed by atoms with Crippen LogP contribution >= 0.6 is 0 Å². The van der Waals surface area contributed by atoms with Gasteiger partial charge >= 0.3 is 0 Å². The first-order valence-electron chi connectivity index (χ1n) is 9.76. The monoisotopic (exact) mass is 367 g/mol. The van der Waals surface area contributed by atoms with Crippen LogP contribution in [0.3, 0.4) is 0 Å². The first-order valence-corrected chi connectivity index (χ1v) is 9.76. The van der Waals surface area contributed by atoms with Crippen LogP contribution in [0.1, 0.15) is 33.1 Å². The lowest BCUT2D eigenvalue weighted by molar-refractivity contribution is -0.114. The second kappa shape index (κ2) is 9.31. The summed E-state index contributed by atoms with van der Waals surface area (Å²) < 4.78 is 5.74. The van der Waals surface area contributed by atoms with Crippen LogP contribution in [0.2, 0.25) is 0 Å². The number of rotatable bonds is 7. The van der Waals surface area contributed by atoms with Gasteiger partial charge in [-0.05, 0) is 69.5 Å². The molecule has 5 nitrogen and oxygen atoms in total. The Morgan fingerprint density at radius 2 is 1.74 bits per heavy atom. The third kappa shape index (κ3) is 5.64. The maximum atomic E-state index is 12.3. The van der Waals surface area contributed by atoms with E-state index in [1.807, 2.05) is 50.2 Å². The molecule has 2 aromatic carbocycles. The lowest BCUT2D eigenvalue weighted by Gasteiger charge is -2.28. The number of anilines is 3. The highest BCUT2D eigenvalue weighted by Gasteiger charge is 2.11. The molecule has 2 aromatic rings. The van der Waals surface area contributed by atoms with E-state index in [0.29, 0.717) is 11.4 Å². The van der Waals surface area contributed by atoms with Crippen molar-refractivity contribution in [2.45, 2.75) is 39.2 Å². The molecule has 0 unspecified atom stereocenters. The van der Waals surface area contributed by atoms with Gasteiger partial charge < -0.3 is 20.3 Å². The lowest BCUT2D eigenvalue weighted by Crippen LogP contribution is -2.29. The number of ether oxygens (including phenoxy) is 1. The third-order valence-corrected chi connectivity index (χ3v) is 4.57. The topological polar surface area (TPSA) is 53.6 Å². The summed E-state index contributed by atoms with van der Waals surface area (Å²) in [5, 5.41) is 6.10. The van der Waals surface area contributed by atoms with Crippen LogP contribution in [-0.2, 0) is 4.79 Å². The predicted molar refractivity (Wildman–Crippen MR) is 112 cm³/mol. The Labute approximate surface area is 161 Å². The average molecular weight is 367 g/mol. The molecule has 0 saturated carbocycles. The van der Waals surface area contributed by atoms with Gasteiger partial charge in [-0.3, -0.25) is 4.79 Å². The smallest absolute Gasteiger partial charge is 0.243 e. The molecule has 5 heteroatoms. The van der Waals surface area contributed by atoms with Crippen molar-refractivity contribution in [1.29, 1.82) is 0 Å². The van der Waals surface area contributed by atoms with Crippen molar-refractivity contribution in [1.82, 2.24) is 0 Å². The van der Waals surface area contributed by atoms with E-state index in [-0.39, 0.29) is 18.6 Å². The molecule has 0 aromatic heterocycles. The number of benzene rings is 2. The highest BCUT2D eigenvalue weighted by Crippen LogP contribution is 2.25. The molecule has 1 saturated heterocycles. The quantitative estimate of drug-likeness (QED) is 0.756. The van der Waals surface area contributed by atoms with E-state index < -0.39 is 0 Å². The maximum Gasteiger partial charge on any atom is 0.243 e. The zero-order valence-corrected chi connectivity index (χ0v) is 16.2. The Morgan fingerprint density at radius 1 is 1.04 bits per heavy atom. The molecule has 1 heterocycles. The summed E-state index contributed by atoms with van der Waals surface area (Å²) >= 11 is 0. The Kier molecular flexibility index (Phi) is 6.58. The second-order valence-electron chi connectivity index (χ2n) is 7.16. The Bertz CT molecular complexity index is 737. The standard InChI is InChI=1S/C22H29N3O2/c1-17(2)27-21-9-5-4-8-20(21)24-22(26)16-23-18-10-12-19(13-11-18)25-14-6-3-7-15-25/h4-5,8-13,17,23H,3,6-7,14-16H2,1-2H3,(H,24,26). The van der Waals surface area contributed by atoms with Crippen LogP contribution in [0.25, 0.3) is 0 Å². The fraction of sp³-hybridized carbons (Fsp3) is 0.409. The molecule has 0 atom stereocenters. The van der Waals surface area contributed by atoms with E-state index in [4.69, 9.17) is 4.74 Å². The summed E-state index contributed by atoms with van der Waals surface area (Å²) in [6, 6.07) is 15.8. The molecule has 144 valence electrons. The van der Waals surface area contributed by atoms with Crippen molar-refractivity contribution in [3.05, 3.63) is 48.5 Å². The van der Waals surface area contributed by atoms with Crippen LogP contribution in [0.4, 0.5) is 17.1 Å². The number of nitrogens with one attached hydrogen (secondary N) is 2. The molecular weight excluding hydrogens is 338 g/mol. The highest BCUT2D eigenvalue weighted by atomic mass is 16.5. The minimum atomic E-state index is -0.102. The van der Waals surface area contributed by atoms with Crippen LogP contribution in [0.15, 0.2) is 48.5 Å². The van der Waals surface area contributed by atoms with Crippen LogP contribution in [-0.4, -0.2) is 31.6 Å². The van der Waals surface area contributed by atoms with Crippen LogP contribution < -0.4 is 20.3 Å². The number of carbonyl (C=O) groups is 1. The Hall–Kier alpha value is -2.69. The van der Waals surface area contributed by atoms with Gasteiger partial charge in [0.15, 0.2) is 0 Å². The van der Waals surface area contributed by atoms with E-state index >= 15 is 0 Å². The first-order chi connectivity index (χ1) is 13.1. The van der Waals surface area contributed by atoms with Crippen molar-refractivity contribution >= 4 is 23.0 Å². The lowest BCUT2D eigenvalue weighted by atomic mass is 10.1. The second-order valence-corrected chi connectivity index (χ2v) is 7.16. The normalized spacial score (nSPS) is 14.1. The molecule has 0 aliphatic carbocycles. The molecule has 0 spiro atoms. The van der Waals surface area contributed by atoms with Gasteiger partial charge in [0.25, 0.3) is 0 Å². The molecule has 2 N–H and O–H groups in total. The summed E-state index contributed by atoms with van der Waals surface area (Å²) in [7, 11) is 0. The van der Waals surface area contributed by atoms with Crippen molar-refractivity contribution in [2.75, 3.05) is 35.2 Å². The fourth-order valence-corrected chi connectivity index (χ4v) is 3.25. The van der Waals surface area contributed by atoms with Gasteiger partial charge in [0.05, 0.1) is 18.3 Å². The first kappa shape index (κ1) is 19.1. The number of hydrogen-bond acceptors (Lipinski definition) is 4. The van der Waals surface area contributed by atoms with Crippen molar-refractivity contribution in [3.63, 3.8) is 0 Å². The number of piperidine rings is 1. The Balaban J connectivity index is 1.52. The average Bonchev–Trinajstić information content (AvgIpc) is 2.69. The zero-order valence-electron chi connectivity index (χ0n) is 16.2. The summed E-state index contributed by atoms with van der Waals surface area (Å²) in [4.78, 5) is 14.7. The molecule has 1 aliphatic heterocycles. The summed E-state index contributed by atoms with van der Waals surface area (Å²) in [6.07, 6.45) is 3.92. The van der Waals surface area contributed by atoms with Crippen LogP contribution in [0, 0.1) is 0 Å². The minimum absolute atomic E-state index is 0.0552. The Morgan fingerprint density at radius 3 is 2.44 bits per heavy atom. The van der Waals surface area contributed by atoms with Crippen molar-refractivity contribution in [3.8, 4) is 5.75 Å². The molecular formula is C22H29N3O2. The van der Waals surface area contributed by atoms with E-state index in [1.165, 1.54) is 24.9 Å². The van der Waals surface area contributed by atoms with E-state index in [9.17, 15) is 4.79 Å². The van der Waals surface area contributed by atoms with Gasteiger partial charge in [-0.1, -0.05) is 12.1 Å².